The third kappa shape index (κ3) is 3.15. The molecule has 0 atom stereocenters. The van der Waals surface area contributed by atoms with Crippen LogP contribution in [0, 0.1) is 0 Å². The van der Waals surface area contributed by atoms with Crippen LogP contribution in [0.5, 0.6) is 5.75 Å². The Hall–Kier alpha value is -3.15. The van der Waals surface area contributed by atoms with Crippen molar-refractivity contribution < 1.29 is 5.11 Å². The van der Waals surface area contributed by atoms with Crippen LogP contribution in [-0.4, -0.2) is 5.11 Å². The molecular weight excluding hydrogens is 359 g/mol. The normalized spacial score (nSPS) is 11.3. The van der Waals surface area contributed by atoms with Crippen molar-refractivity contribution in [2.75, 3.05) is 0 Å². The predicted octanol–water partition coefficient (Wildman–Crippen LogP) is 5.46. The maximum Gasteiger partial charge on any atom is 0.115 e. The van der Waals surface area contributed by atoms with Crippen LogP contribution < -0.4 is 15.9 Å². The molecule has 0 aliphatic rings. The Morgan fingerprint density at radius 1 is 0.429 bits per heavy atom. The third-order valence-corrected chi connectivity index (χ3v) is 7.49. The van der Waals surface area contributed by atoms with Gasteiger partial charge in [-0.15, -0.1) is 0 Å². The Labute approximate surface area is 165 Å². The van der Waals surface area contributed by atoms with E-state index in [0.29, 0.717) is 5.75 Å². The number of fused-ring (bicyclic) bond motifs is 2. The predicted molar refractivity (Wildman–Crippen MR) is 122 cm³/mol. The zero-order valence-electron chi connectivity index (χ0n) is 15.3. The Morgan fingerprint density at radius 2 is 0.857 bits per heavy atom. The maximum atomic E-state index is 9.77. The topological polar surface area (TPSA) is 20.2 Å². The minimum atomic E-state index is -0.716. The molecule has 0 aliphatic carbocycles. The van der Waals surface area contributed by atoms with E-state index in [1.807, 2.05) is 12.1 Å². The van der Waals surface area contributed by atoms with Crippen LogP contribution in [0.2, 0.25) is 0 Å². The molecule has 134 valence electrons. The molecule has 0 unspecified atom stereocenters. The van der Waals surface area contributed by atoms with Crippen LogP contribution in [0.25, 0.3) is 21.5 Å². The van der Waals surface area contributed by atoms with Crippen LogP contribution >= 0.6 is 7.92 Å². The van der Waals surface area contributed by atoms with Crippen molar-refractivity contribution in [3.8, 4) is 5.75 Å². The molecule has 5 rings (SSSR count). The molecule has 0 aromatic heterocycles. The molecule has 0 amide bonds. The molecular formula is C26H19OP. The van der Waals surface area contributed by atoms with Crippen LogP contribution in [0.15, 0.2) is 109 Å². The van der Waals surface area contributed by atoms with E-state index in [4.69, 9.17) is 0 Å². The summed E-state index contributed by atoms with van der Waals surface area (Å²) in [5, 5.41) is 18.7. The monoisotopic (exact) mass is 378 g/mol. The summed E-state index contributed by atoms with van der Waals surface area (Å²) < 4.78 is 0. The molecule has 5 aromatic carbocycles. The Morgan fingerprint density at radius 3 is 1.36 bits per heavy atom. The first-order valence-electron chi connectivity index (χ1n) is 9.35. The lowest BCUT2D eigenvalue weighted by Gasteiger charge is -2.20. The van der Waals surface area contributed by atoms with Gasteiger partial charge < -0.3 is 5.11 Å². The second kappa shape index (κ2) is 7.11. The van der Waals surface area contributed by atoms with Gasteiger partial charge in [0.2, 0.25) is 0 Å². The minimum absolute atomic E-state index is 0.302. The molecule has 0 saturated carbocycles. The molecule has 0 radical (unpaired) electrons. The molecule has 28 heavy (non-hydrogen) atoms. The average Bonchev–Trinajstić information content (AvgIpc) is 2.75. The number of rotatable bonds is 3. The van der Waals surface area contributed by atoms with E-state index in [1.54, 1.807) is 12.1 Å². The van der Waals surface area contributed by atoms with Crippen LogP contribution in [0.4, 0.5) is 0 Å². The Kier molecular flexibility index (Phi) is 4.31. The van der Waals surface area contributed by atoms with Gasteiger partial charge in [-0.2, -0.15) is 0 Å². The van der Waals surface area contributed by atoms with Gasteiger partial charge in [0.25, 0.3) is 0 Å². The smallest absolute Gasteiger partial charge is 0.115 e. The molecule has 0 spiro atoms. The zero-order chi connectivity index (χ0) is 18.9. The van der Waals surface area contributed by atoms with Crippen molar-refractivity contribution in [3.05, 3.63) is 109 Å². The molecule has 0 aliphatic heterocycles. The highest BCUT2D eigenvalue weighted by molar-refractivity contribution is 7.79. The molecule has 2 heteroatoms. The van der Waals surface area contributed by atoms with Gasteiger partial charge in [-0.3, -0.25) is 0 Å². The lowest BCUT2D eigenvalue weighted by molar-refractivity contribution is 0.475. The number of phenols is 1. The summed E-state index contributed by atoms with van der Waals surface area (Å²) >= 11 is 0. The van der Waals surface area contributed by atoms with Crippen LogP contribution in [0.1, 0.15) is 0 Å². The van der Waals surface area contributed by atoms with E-state index in [-0.39, 0.29) is 0 Å². The van der Waals surface area contributed by atoms with Crippen LogP contribution in [-0.2, 0) is 0 Å². The summed E-state index contributed by atoms with van der Waals surface area (Å²) in [6.45, 7) is 0. The van der Waals surface area contributed by atoms with Crippen molar-refractivity contribution in [1.82, 2.24) is 0 Å². The molecule has 0 saturated heterocycles. The quantitative estimate of drug-likeness (QED) is 0.414. The van der Waals surface area contributed by atoms with Crippen molar-refractivity contribution in [3.63, 3.8) is 0 Å². The summed E-state index contributed by atoms with van der Waals surface area (Å²) in [4.78, 5) is 0. The zero-order valence-corrected chi connectivity index (χ0v) is 16.2. The first kappa shape index (κ1) is 17.0. The fourth-order valence-electron chi connectivity index (χ4n) is 3.68. The molecule has 1 nitrogen and oxygen atoms in total. The lowest BCUT2D eigenvalue weighted by atomic mass is 10.1. The molecule has 5 aromatic rings. The highest BCUT2D eigenvalue weighted by Crippen LogP contribution is 2.35. The fraction of sp³-hybridized carbons (Fsp3) is 0. The highest BCUT2D eigenvalue weighted by atomic mass is 31.1. The summed E-state index contributed by atoms with van der Waals surface area (Å²) in [7, 11) is -0.716. The summed E-state index contributed by atoms with van der Waals surface area (Å²) in [6.07, 6.45) is 0. The van der Waals surface area contributed by atoms with E-state index in [1.165, 1.54) is 37.5 Å². The maximum absolute atomic E-state index is 9.77. The highest BCUT2D eigenvalue weighted by Gasteiger charge is 2.17. The summed E-state index contributed by atoms with van der Waals surface area (Å²) in [6, 6.07) is 38.2. The van der Waals surface area contributed by atoms with Gasteiger partial charge in [0.1, 0.15) is 5.75 Å². The van der Waals surface area contributed by atoms with Gasteiger partial charge >= 0.3 is 0 Å². The first-order chi connectivity index (χ1) is 13.8. The van der Waals surface area contributed by atoms with Crippen molar-refractivity contribution in [2.45, 2.75) is 0 Å². The van der Waals surface area contributed by atoms with Gasteiger partial charge in [-0.25, -0.2) is 0 Å². The van der Waals surface area contributed by atoms with Crippen molar-refractivity contribution in [2.24, 2.45) is 0 Å². The number of aromatic hydroxyl groups is 1. The third-order valence-electron chi connectivity index (χ3n) is 5.09. The lowest BCUT2D eigenvalue weighted by Crippen LogP contribution is -2.20. The second-order valence-electron chi connectivity index (χ2n) is 6.91. The van der Waals surface area contributed by atoms with Gasteiger partial charge in [-0.05, 0) is 69.6 Å². The van der Waals surface area contributed by atoms with E-state index in [9.17, 15) is 5.11 Å². The Bertz CT molecular complexity index is 1200. The number of hydrogen-bond donors (Lipinski definition) is 1. The molecule has 0 bridgehead atoms. The van der Waals surface area contributed by atoms with Gasteiger partial charge in [0, 0.05) is 0 Å². The number of phenolic OH excluding ortho intramolecular Hbond substituents is 1. The fourth-order valence-corrected chi connectivity index (χ4v) is 6.01. The van der Waals surface area contributed by atoms with E-state index >= 15 is 0 Å². The van der Waals surface area contributed by atoms with E-state index < -0.39 is 7.92 Å². The molecule has 0 heterocycles. The molecule has 0 fully saturated rings. The van der Waals surface area contributed by atoms with E-state index in [0.717, 1.165) is 0 Å². The second-order valence-corrected chi connectivity index (χ2v) is 9.13. The summed E-state index contributed by atoms with van der Waals surface area (Å²) in [5.74, 6) is 0.302. The van der Waals surface area contributed by atoms with Gasteiger partial charge in [-0.1, -0.05) is 84.9 Å². The standard InChI is InChI=1S/C26H19OP/c27-23-11-15-24(16-12-23)28(25-13-9-19-5-1-3-7-21(19)17-25)26-14-10-20-6-2-4-8-22(20)18-26/h1-18,27H. The Balaban J connectivity index is 1.72. The number of hydrogen-bond acceptors (Lipinski definition) is 1. The largest absolute Gasteiger partial charge is 0.508 e. The number of benzene rings is 5. The molecule has 1 N–H and O–H groups in total. The minimum Gasteiger partial charge on any atom is -0.508 e. The van der Waals surface area contributed by atoms with Crippen LogP contribution in [0.3, 0.4) is 0 Å². The SMILES string of the molecule is Oc1ccc(P(c2ccc3ccccc3c2)c2ccc3ccccc3c2)cc1. The average molecular weight is 378 g/mol. The van der Waals surface area contributed by atoms with Crippen molar-refractivity contribution >= 4 is 45.4 Å². The van der Waals surface area contributed by atoms with E-state index in [2.05, 4.69) is 84.9 Å². The van der Waals surface area contributed by atoms with Gasteiger partial charge in [0.05, 0.1) is 0 Å². The van der Waals surface area contributed by atoms with Gasteiger partial charge in [0.15, 0.2) is 0 Å². The van der Waals surface area contributed by atoms with Crippen molar-refractivity contribution in [1.29, 1.82) is 0 Å². The first-order valence-corrected chi connectivity index (χ1v) is 10.7. The summed E-state index contributed by atoms with van der Waals surface area (Å²) in [5.41, 5.74) is 0.